The van der Waals surface area contributed by atoms with E-state index in [1.165, 1.54) is 7.11 Å². The fraction of sp³-hybridized carbons (Fsp3) is 0.267. The summed E-state index contributed by atoms with van der Waals surface area (Å²) < 4.78 is 6.82. The van der Waals surface area contributed by atoms with E-state index in [9.17, 15) is 4.79 Å². The van der Waals surface area contributed by atoms with Gasteiger partial charge in [-0.25, -0.2) is 0 Å². The number of ether oxygens (including phenoxy) is 1. The van der Waals surface area contributed by atoms with Crippen LogP contribution in [0.4, 0.5) is 0 Å². The van der Waals surface area contributed by atoms with Crippen molar-refractivity contribution >= 4 is 5.97 Å². The first-order chi connectivity index (χ1) is 9.24. The zero-order valence-corrected chi connectivity index (χ0v) is 11.0. The first kappa shape index (κ1) is 13.4. The largest absolute Gasteiger partial charge is 0.469 e. The van der Waals surface area contributed by atoms with Crippen LogP contribution in [0.2, 0.25) is 0 Å². The molecule has 4 nitrogen and oxygen atoms in total. The summed E-state index contributed by atoms with van der Waals surface area (Å²) in [6, 6.07) is 11.9. The highest BCUT2D eigenvalue weighted by Crippen LogP contribution is 2.14. The van der Waals surface area contributed by atoms with Crippen molar-refractivity contribution in [1.29, 1.82) is 0 Å². The first-order valence-corrected chi connectivity index (χ1v) is 6.22. The molecule has 4 heteroatoms. The summed E-state index contributed by atoms with van der Waals surface area (Å²) >= 11 is 0. The number of nitrogens with two attached hydrogens (primary N) is 1. The minimum absolute atomic E-state index is 0.223. The highest BCUT2D eigenvalue weighted by Gasteiger charge is 2.09. The number of aromatic nitrogens is 1. The van der Waals surface area contributed by atoms with Crippen LogP contribution in [-0.2, 0) is 29.0 Å². The molecule has 1 aromatic heterocycles. The Morgan fingerprint density at radius 1 is 1.21 bits per heavy atom. The molecule has 100 valence electrons. The maximum Gasteiger partial charge on any atom is 0.309 e. The zero-order chi connectivity index (χ0) is 13.7. The normalized spacial score (nSPS) is 10.4. The van der Waals surface area contributed by atoms with Gasteiger partial charge in [-0.05, 0) is 23.3 Å². The van der Waals surface area contributed by atoms with Crippen LogP contribution in [0.25, 0.3) is 0 Å². The quantitative estimate of drug-likeness (QED) is 0.831. The van der Waals surface area contributed by atoms with Crippen LogP contribution in [0.3, 0.4) is 0 Å². The van der Waals surface area contributed by atoms with Crippen LogP contribution in [0.15, 0.2) is 42.6 Å². The van der Waals surface area contributed by atoms with E-state index in [1.807, 2.05) is 42.6 Å². The molecular formula is C15H18N2O2. The number of esters is 1. The van der Waals surface area contributed by atoms with Gasteiger partial charge in [0.2, 0.25) is 0 Å². The van der Waals surface area contributed by atoms with Gasteiger partial charge in [-0.2, -0.15) is 0 Å². The molecule has 0 unspecified atom stereocenters. The lowest BCUT2D eigenvalue weighted by Crippen LogP contribution is -2.11. The van der Waals surface area contributed by atoms with Gasteiger partial charge in [0.25, 0.3) is 0 Å². The lowest BCUT2D eigenvalue weighted by molar-refractivity contribution is -0.139. The molecule has 0 aliphatic carbocycles. The highest BCUT2D eigenvalue weighted by molar-refractivity contribution is 5.72. The first-order valence-electron chi connectivity index (χ1n) is 6.22. The molecule has 1 aromatic carbocycles. The SMILES string of the molecule is COC(=O)Cc1ccccc1Cn1cccc1CN. The monoisotopic (exact) mass is 258 g/mol. The Labute approximate surface area is 112 Å². The molecular weight excluding hydrogens is 240 g/mol. The van der Waals surface area contributed by atoms with Gasteiger partial charge in [-0.1, -0.05) is 24.3 Å². The van der Waals surface area contributed by atoms with Crippen LogP contribution in [0.1, 0.15) is 16.8 Å². The second kappa shape index (κ2) is 6.20. The van der Waals surface area contributed by atoms with Crippen molar-refractivity contribution in [2.24, 2.45) is 5.73 Å². The zero-order valence-electron chi connectivity index (χ0n) is 11.0. The molecule has 19 heavy (non-hydrogen) atoms. The Bertz CT molecular complexity index is 561. The number of rotatable bonds is 5. The van der Waals surface area contributed by atoms with Crippen molar-refractivity contribution in [3.8, 4) is 0 Å². The Hall–Kier alpha value is -2.07. The molecule has 0 atom stereocenters. The maximum atomic E-state index is 11.4. The van der Waals surface area contributed by atoms with Crippen LogP contribution < -0.4 is 5.73 Å². The lowest BCUT2D eigenvalue weighted by atomic mass is 10.0. The third-order valence-corrected chi connectivity index (χ3v) is 3.15. The Morgan fingerprint density at radius 3 is 2.63 bits per heavy atom. The molecule has 0 fully saturated rings. The predicted molar refractivity (Wildman–Crippen MR) is 73.6 cm³/mol. The molecule has 0 aliphatic heterocycles. The number of methoxy groups -OCH3 is 1. The van der Waals surface area contributed by atoms with Gasteiger partial charge in [0.05, 0.1) is 13.5 Å². The van der Waals surface area contributed by atoms with Gasteiger partial charge in [0.1, 0.15) is 0 Å². The standard InChI is InChI=1S/C15H18N2O2/c1-19-15(18)9-12-5-2-3-6-13(12)11-17-8-4-7-14(17)10-16/h2-8H,9-11,16H2,1H3. The summed E-state index contributed by atoms with van der Waals surface area (Å²) in [5.41, 5.74) is 8.87. The van der Waals surface area contributed by atoms with Crippen molar-refractivity contribution in [3.63, 3.8) is 0 Å². The number of benzene rings is 1. The van der Waals surface area contributed by atoms with Gasteiger partial charge in [-0.3, -0.25) is 4.79 Å². The van der Waals surface area contributed by atoms with Crippen molar-refractivity contribution in [2.75, 3.05) is 7.11 Å². The number of carbonyl (C=O) groups excluding carboxylic acids is 1. The number of nitrogens with zero attached hydrogens (tertiary/aromatic N) is 1. The predicted octanol–water partition coefficient (Wildman–Crippen LogP) is 1.71. The van der Waals surface area contributed by atoms with E-state index >= 15 is 0 Å². The van der Waals surface area contributed by atoms with Gasteiger partial charge in [-0.15, -0.1) is 0 Å². The second-order valence-corrected chi connectivity index (χ2v) is 4.35. The van der Waals surface area contributed by atoms with E-state index in [0.717, 1.165) is 16.8 Å². The molecule has 0 saturated carbocycles. The molecule has 2 N–H and O–H groups in total. The number of hydrogen-bond acceptors (Lipinski definition) is 3. The van der Waals surface area contributed by atoms with Crippen molar-refractivity contribution in [2.45, 2.75) is 19.5 Å². The van der Waals surface area contributed by atoms with Crippen LogP contribution in [-0.4, -0.2) is 17.6 Å². The summed E-state index contributed by atoms with van der Waals surface area (Å²) in [6.45, 7) is 1.22. The smallest absolute Gasteiger partial charge is 0.309 e. The van der Waals surface area contributed by atoms with Crippen LogP contribution in [0.5, 0.6) is 0 Å². The van der Waals surface area contributed by atoms with Gasteiger partial charge in [0.15, 0.2) is 0 Å². The van der Waals surface area contributed by atoms with E-state index in [2.05, 4.69) is 4.57 Å². The average molecular weight is 258 g/mol. The summed E-state index contributed by atoms with van der Waals surface area (Å²) in [7, 11) is 1.41. The Kier molecular flexibility index (Phi) is 4.36. The molecule has 0 spiro atoms. The summed E-state index contributed by atoms with van der Waals surface area (Å²) in [5, 5.41) is 0. The van der Waals surface area contributed by atoms with E-state index in [4.69, 9.17) is 10.5 Å². The maximum absolute atomic E-state index is 11.4. The number of carbonyl (C=O) groups is 1. The second-order valence-electron chi connectivity index (χ2n) is 4.35. The number of hydrogen-bond donors (Lipinski definition) is 1. The van der Waals surface area contributed by atoms with Crippen molar-refractivity contribution < 1.29 is 9.53 Å². The van der Waals surface area contributed by atoms with Crippen molar-refractivity contribution in [1.82, 2.24) is 4.57 Å². The molecule has 0 bridgehead atoms. The minimum Gasteiger partial charge on any atom is -0.469 e. The van der Waals surface area contributed by atoms with E-state index in [1.54, 1.807) is 0 Å². The molecule has 0 amide bonds. The summed E-state index contributed by atoms with van der Waals surface area (Å²) in [5.74, 6) is -0.223. The third-order valence-electron chi connectivity index (χ3n) is 3.15. The average Bonchev–Trinajstić information content (AvgIpc) is 2.88. The molecule has 0 radical (unpaired) electrons. The summed E-state index contributed by atoms with van der Waals surface area (Å²) in [6.07, 6.45) is 2.29. The molecule has 1 heterocycles. The van der Waals surface area contributed by atoms with E-state index < -0.39 is 0 Å². The third kappa shape index (κ3) is 3.23. The lowest BCUT2D eigenvalue weighted by Gasteiger charge is -2.12. The van der Waals surface area contributed by atoms with E-state index in [0.29, 0.717) is 19.5 Å². The van der Waals surface area contributed by atoms with Gasteiger partial charge < -0.3 is 15.0 Å². The van der Waals surface area contributed by atoms with E-state index in [-0.39, 0.29) is 5.97 Å². The molecule has 2 rings (SSSR count). The molecule has 0 saturated heterocycles. The van der Waals surface area contributed by atoms with Crippen molar-refractivity contribution in [3.05, 3.63) is 59.4 Å². The fourth-order valence-electron chi connectivity index (χ4n) is 2.08. The Balaban J connectivity index is 2.22. The molecule has 2 aromatic rings. The van der Waals surface area contributed by atoms with Crippen LogP contribution >= 0.6 is 0 Å². The highest BCUT2D eigenvalue weighted by atomic mass is 16.5. The Morgan fingerprint density at radius 2 is 1.95 bits per heavy atom. The van der Waals surface area contributed by atoms with Crippen LogP contribution in [0, 0.1) is 0 Å². The van der Waals surface area contributed by atoms with Gasteiger partial charge in [0, 0.05) is 25.0 Å². The summed E-state index contributed by atoms with van der Waals surface area (Å²) in [4.78, 5) is 11.4. The van der Waals surface area contributed by atoms with Gasteiger partial charge >= 0.3 is 5.97 Å². The minimum atomic E-state index is -0.223. The fourth-order valence-corrected chi connectivity index (χ4v) is 2.08. The molecule has 0 aliphatic rings. The topological polar surface area (TPSA) is 57.2 Å².